The maximum absolute atomic E-state index is 15.2. The SMILES string of the molecule is CCOc1cc(F)c(N2C(N)=C(C#N)C(c3ccccc3)C(C(=O)OC)=C2C(=O)OC)c(F)c1. The van der Waals surface area contributed by atoms with Gasteiger partial charge in [-0.25, -0.2) is 18.4 Å². The third-order valence-electron chi connectivity index (χ3n) is 5.14. The minimum atomic E-state index is -1.15. The fourth-order valence-electron chi connectivity index (χ4n) is 3.75. The van der Waals surface area contributed by atoms with Crippen LogP contribution in [0.2, 0.25) is 0 Å². The molecule has 1 aliphatic rings. The van der Waals surface area contributed by atoms with E-state index in [9.17, 15) is 14.9 Å². The van der Waals surface area contributed by atoms with E-state index in [-0.39, 0.29) is 23.5 Å². The Morgan fingerprint density at radius 2 is 1.68 bits per heavy atom. The summed E-state index contributed by atoms with van der Waals surface area (Å²) in [5.74, 6) is -6.12. The molecule has 1 unspecified atom stereocenters. The molecule has 0 saturated heterocycles. The molecule has 34 heavy (non-hydrogen) atoms. The average molecular weight is 469 g/mol. The van der Waals surface area contributed by atoms with Crippen LogP contribution in [0.1, 0.15) is 18.4 Å². The standard InChI is InChI=1S/C24H21F2N3O5/c1-4-34-14-10-16(25)20(17(26)11-14)29-21(24(31)33-3)19(23(30)32-2)18(15(12-27)22(29)28)13-8-6-5-7-9-13/h5-11,18H,4,28H2,1-3H3. The molecule has 1 atom stereocenters. The van der Waals surface area contributed by atoms with Crippen LogP contribution in [0.25, 0.3) is 0 Å². The number of methoxy groups -OCH3 is 2. The van der Waals surface area contributed by atoms with Crippen molar-refractivity contribution in [2.24, 2.45) is 5.73 Å². The second-order valence-corrected chi connectivity index (χ2v) is 7.00. The summed E-state index contributed by atoms with van der Waals surface area (Å²) < 4.78 is 45.2. The maximum Gasteiger partial charge on any atom is 0.355 e. The van der Waals surface area contributed by atoms with Crippen LogP contribution in [0.3, 0.4) is 0 Å². The highest BCUT2D eigenvalue weighted by molar-refractivity contribution is 6.06. The average Bonchev–Trinajstić information content (AvgIpc) is 2.83. The molecular formula is C24H21F2N3O5. The van der Waals surface area contributed by atoms with Crippen molar-refractivity contribution < 1.29 is 32.6 Å². The monoisotopic (exact) mass is 469 g/mol. The molecule has 2 aromatic carbocycles. The lowest BCUT2D eigenvalue weighted by molar-refractivity contribution is -0.139. The molecule has 0 spiro atoms. The lowest BCUT2D eigenvalue weighted by atomic mass is 9.81. The number of anilines is 1. The van der Waals surface area contributed by atoms with Crippen LogP contribution >= 0.6 is 0 Å². The van der Waals surface area contributed by atoms with Gasteiger partial charge in [-0.05, 0) is 12.5 Å². The Labute approximate surface area is 194 Å². The Bertz CT molecular complexity index is 1210. The van der Waals surface area contributed by atoms with Crippen molar-refractivity contribution in [2.45, 2.75) is 12.8 Å². The molecule has 0 radical (unpaired) electrons. The van der Waals surface area contributed by atoms with Gasteiger partial charge in [-0.3, -0.25) is 4.90 Å². The van der Waals surface area contributed by atoms with Crippen LogP contribution < -0.4 is 15.4 Å². The van der Waals surface area contributed by atoms with Gasteiger partial charge in [-0.1, -0.05) is 30.3 Å². The number of hydrogen-bond donors (Lipinski definition) is 1. The molecule has 8 nitrogen and oxygen atoms in total. The van der Waals surface area contributed by atoms with Gasteiger partial charge in [0, 0.05) is 12.1 Å². The number of benzene rings is 2. The molecule has 0 aromatic heterocycles. The number of carbonyl (C=O) groups is 2. The molecule has 3 rings (SSSR count). The first kappa shape index (κ1) is 24.3. The van der Waals surface area contributed by atoms with E-state index in [1.54, 1.807) is 37.3 Å². The summed E-state index contributed by atoms with van der Waals surface area (Å²) in [6.07, 6.45) is 0. The van der Waals surface area contributed by atoms with Gasteiger partial charge < -0.3 is 19.9 Å². The largest absolute Gasteiger partial charge is 0.494 e. The van der Waals surface area contributed by atoms with E-state index in [1.165, 1.54) is 0 Å². The number of carbonyl (C=O) groups excluding carboxylic acids is 2. The fraction of sp³-hybridized carbons (Fsp3) is 0.208. The van der Waals surface area contributed by atoms with Crippen LogP contribution in [0, 0.1) is 23.0 Å². The summed E-state index contributed by atoms with van der Waals surface area (Å²) in [4.78, 5) is 26.5. The predicted octanol–water partition coefficient (Wildman–Crippen LogP) is 3.26. The number of ether oxygens (including phenoxy) is 3. The molecular weight excluding hydrogens is 448 g/mol. The second kappa shape index (κ2) is 10.0. The molecule has 1 heterocycles. The molecule has 0 fully saturated rings. The van der Waals surface area contributed by atoms with Crippen molar-refractivity contribution in [3.63, 3.8) is 0 Å². The van der Waals surface area contributed by atoms with Crippen LogP contribution in [0.15, 0.2) is 65.1 Å². The minimum Gasteiger partial charge on any atom is -0.494 e. The third-order valence-corrected chi connectivity index (χ3v) is 5.14. The van der Waals surface area contributed by atoms with Crippen molar-refractivity contribution in [2.75, 3.05) is 25.7 Å². The van der Waals surface area contributed by atoms with E-state index in [2.05, 4.69) is 0 Å². The Kier molecular flexibility index (Phi) is 7.16. The Hall–Kier alpha value is -4.39. The van der Waals surface area contributed by atoms with Crippen LogP contribution in [0.5, 0.6) is 5.75 Å². The number of rotatable bonds is 6. The van der Waals surface area contributed by atoms with Gasteiger partial charge in [0.25, 0.3) is 0 Å². The van der Waals surface area contributed by atoms with E-state index in [1.807, 2.05) is 6.07 Å². The van der Waals surface area contributed by atoms with Crippen molar-refractivity contribution in [1.82, 2.24) is 0 Å². The van der Waals surface area contributed by atoms with Gasteiger partial charge in [-0.2, -0.15) is 5.26 Å². The number of nitrogens with zero attached hydrogens (tertiary/aromatic N) is 2. The lowest BCUT2D eigenvalue weighted by Crippen LogP contribution is -2.41. The van der Waals surface area contributed by atoms with Crippen LogP contribution in [-0.2, 0) is 19.1 Å². The molecule has 2 aromatic rings. The Morgan fingerprint density at radius 3 is 2.18 bits per heavy atom. The number of halogens is 2. The zero-order valence-electron chi connectivity index (χ0n) is 18.6. The summed E-state index contributed by atoms with van der Waals surface area (Å²) in [7, 11) is 2.10. The molecule has 1 aliphatic heterocycles. The molecule has 10 heteroatoms. The molecule has 0 saturated carbocycles. The topological polar surface area (TPSA) is 115 Å². The van der Waals surface area contributed by atoms with Gasteiger partial charge in [0.1, 0.15) is 23.0 Å². The summed E-state index contributed by atoms with van der Waals surface area (Å²) in [5, 5.41) is 9.95. The predicted molar refractivity (Wildman–Crippen MR) is 117 cm³/mol. The van der Waals surface area contributed by atoms with Crippen LogP contribution in [-0.4, -0.2) is 32.8 Å². The summed E-state index contributed by atoms with van der Waals surface area (Å²) >= 11 is 0. The maximum atomic E-state index is 15.2. The molecule has 176 valence electrons. The van der Waals surface area contributed by atoms with E-state index in [4.69, 9.17) is 19.9 Å². The van der Waals surface area contributed by atoms with Crippen molar-refractivity contribution in [3.05, 3.63) is 82.3 Å². The summed E-state index contributed by atoms with van der Waals surface area (Å²) in [5.41, 5.74) is 4.72. The van der Waals surface area contributed by atoms with Crippen molar-refractivity contribution >= 4 is 17.6 Å². The van der Waals surface area contributed by atoms with Gasteiger partial charge in [-0.15, -0.1) is 0 Å². The van der Waals surface area contributed by atoms with E-state index < -0.39 is 46.7 Å². The van der Waals surface area contributed by atoms with Crippen molar-refractivity contribution in [1.29, 1.82) is 5.26 Å². The van der Waals surface area contributed by atoms with Gasteiger partial charge in [0.05, 0.1) is 44.0 Å². The zero-order chi connectivity index (χ0) is 25.0. The Morgan fingerprint density at radius 1 is 1.09 bits per heavy atom. The Balaban J connectivity index is 2.43. The van der Waals surface area contributed by atoms with E-state index in [0.29, 0.717) is 10.5 Å². The first-order valence-electron chi connectivity index (χ1n) is 10.1. The smallest absolute Gasteiger partial charge is 0.355 e. The van der Waals surface area contributed by atoms with Gasteiger partial charge in [0.2, 0.25) is 0 Å². The van der Waals surface area contributed by atoms with E-state index >= 15 is 8.78 Å². The number of esters is 2. The highest BCUT2D eigenvalue weighted by Gasteiger charge is 2.44. The van der Waals surface area contributed by atoms with Gasteiger partial charge >= 0.3 is 11.9 Å². The van der Waals surface area contributed by atoms with Crippen LogP contribution in [0.4, 0.5) is 14.5 Å². The minimum absolute atomic E-state index is 0.0970. The number of allylic oxidation sites excluding steroid dienone is 1. The quantitative estimate of drug-likeness (QED) is 0.641. The molecule has 0 amide bonds. The van der Waals surface area contributed by atoms with E-state index in [0.717, 1.165) is 26.4 Å². The summed E-state index contributed by atoms with van der Waals surface area (Å²) in [6, 6.07) is 12.0. The highest BCUT2D eigenvalue weighted by atomic mass is 19.1. The number of hydrogen-bond acceptors (Lipinski definition) is 8. The first-order valence-corrected chi connectivity index (χ1v) is 10.1. The fourth-order valence-corrected chi connectivity index (χ4v) is 3.75. The molecule has 0 bridgehead atoms. The molecule has 2 N–H and O–H groups in total. The first-order chi connectivity index (χ1) is 16.3. The summed E-state index contributed by atoms with van der Waals surface area (Å²) in [6.45, 7) is 1.79. The number of nitriles is 1. The molecule has 0 aliphatic carbocycles. The third kappa shape index (κ3) is 4.15. The zero-order valence-corrected chi connectivity index (χ0v) is 18.6. The lowest BCUT2D eigenvalue weighted by Gasteiger charge is -2.36. The highest BCUT2D eigenvalue weighted by Crippen LogP contribution is 2.44. The second-order valence-electron chi connectivity index (χ2n) is 7.00. The number of nitrogens with two attached hydrogens (primary N) is 1. The van der Waals surface area contributed by atoms with Crippen molar-refractivity contribution in [3.8, 4) is 11.8 Å². The normalized spacial score (nSPS) is 15.6. The van der Waals surface area contributed by atoms with Gasteiger partial charge in [0.15, 0.2) is 11.6 Å².